The lowest BCUT2D eigenvalue weighted by atomic mass is 9.68. The van der Waals surface area contributed by atoms with Crippen molar-refractivity contribution in [2.24, 2.45) is 10.4 Å². The van der Waals surface area contributed by atoms with Gasteiger partial charge in [0, 0.05) is 34.7 Å². The fourth-order valence-corrected chi connectivity index (χ4v) is 5.00. The molecule has 0 radical (unpaired) electrons. The summed E-state index contributed by atoms with van der Waals surface area (Å²) in [6, 6.07) is 14.5. The second-order valence-electron chi connectivity index (χ2n) is 9.57. The minimum absolute atomic E-state index is 0.112. The van der Waals surface area contributed by atoms with Crippen molar-refractivity contribution in [1.82, 2.24) is 4.98 Å². The van der Waals surface area contributed by atoms with E-state index in [2.05, 4.69) is 23.8 Å². The Morgan fingerprint density at radius 2 is 1.81 bits per heavy atom. The molecular formula is C27H26N2O3. The molecule has 2 aliphatic rings. The molecule has 1 aromatic heterocycles. The lowest BCUT2D eigenvalue weighted by Crippen LogP contribution is -2.32. The minimum Gasteiger partial charge on any atom is -0.480 e. The SMILES string of the molecule is CC1(C)CCC2=C(C1)c1ccccc1C(=NC(Cc1c[nH]c3ccccc13)C(=O)O)C2=O. The number of nitrogens with zero attached hydrogens (tertiary/aromatic N) is 1. The van der Waals surface area contributed by atoms with Gasteiger partial charge in [-0.2, -0.15) is 0 Å². The Morgan fingerprint density at radius 1 is 1.09 bits per heavy atom. The molecule has 0 fully saturated rings. The predicted molar refractivity (Wildman–Crippen MR) is 126 cm³/mol. The number of benzene rings is 2. The number of aliphatic imine (C=N–C) groups is 1. The van der Waals surface area contributed by atoms with Crippen molar-refractivity contribution in [3.05, 3.63) is 77.0 Å². The molecule has 2 N–H and O–H groups in total. The number of aromatic amines is 1. The molecule has 5 rings (SSSR count). The summed E-state index contributed by atoms with van der Waals surface area (Å²) < 4.78 is 0. The van der Waals surface area contributed by atoms with E-state index in [0.29, 0.717) is 6.42 Å². The standard InChI is InChI=1S/C27H26N2O3/c1-27(2)12-11-20-21(14-27)18-8-3-4-9-19(18)24(25(20)30)29-23(26(31)32)13-16-15-28-22-10-6-5-7-17(16)22/h3-10,15,23,28H,11-14H2,1-2H3,(H,31,32). The first-order chi connectivity index (χ1) is 15.3. The summed E-state index contributed by atoms with van der Waals surface area (Å²) in [6.07, 6.45) is 4.54. The predicted octanol–water partition coefficient (Wildman–Crippen LogP) is 5.20. The smallest absolute Gasteiger partial charge is 0.328 e. The van der Waals surface area contributed by atoms with E-state index < -0.39 is 12.0 Å². The fourth-order valence-electron chi connectivity index (χ4n) is 5.00. The number of carbonyl (C=O) groups is 2. The van der Waals surface area contributed by atoms with Gasteiger partial charge in [0.2, 0.25) is 5.78 Å². The molecule has 1 atom stereocenters. The van der Waals surface area contributed by atoms with Crippen molar-refractivity contribution in [3.63, 3.8) is 0 Å². The molecule has 5 heteroatoms. The second-order valence-corrected chi connectivity index (χ2v) is 9.57. The van der Waals surface area contributed by atoms with Crippen LogP contribution in [0.5, 0.6) is 0 Å². The molecule has 0 saturated carbocycles. The Bertz CT molecular complexity index is 1310. The summed E-state index contributed by atoms with van der Waals surface area (Å²) in [5.74, 6) is -1.14. The fraction of sp³-hybridized carbons (Fsp3) is 0.296. The number of carbonyl (C=O) groups excluding carboxylic acids is 1. The van der Waals surface area contributed by atoms with Crippen molar-refractivity contribution < 1.29 is 14.7 Å². The first-order valence-corrected chi connectivity index (χ1v) is 11.1. The van der Waals surface area contributed by atoms with E-state index in [1.54, 1.807) is 0 Å². The van der Waals surface area contributed by atoms with Crippen LogP contribution in [-0.2, 0) is 16.0 Å². The monoisotopic (exact) mass is 426 g/mol. The summed E-state index contributed by atoms with van der Waals surface area (Å²) in [6.45, 7) is 4.46. The summed E-state index contributed by atoms with van der Waals surface area (Å²) >= 11 is 0. The number of Topliss-reactive ketones (excluding diaryl/α,β-unsaturated/α-hetero) is 1. The lowest BCUT2D eigenvalue weighted by molar-refractivity contribution is -0.138. The van der Waals surface area contributed by atoms with Gasteiger partial charge in [-0.25, -0.2) is 4.79 Å². The van der Waals surface area contributed by atoms with Crippen LogP contribution in [0, 0.1) is 5.41 Å². The summed E-state index contributed by atoms with van der Waals surface area (Å²) in [5.41, 5.74) is 5.93. The highest BCUT2D eigenvalue weighted by Crippen LogP contribution is 2.46. The van der Waals surface area contributed by atoms with Crippen LogP contribution in [0.2, 0.25) is 0 Å². The molecule has 0 aliphatic heterocycles. The van der Waals surface area contributed by atoms with Crippen LogP contribution in [0.4, 0.5) is 0 Å². The maximum atomic E-state index is 13.5. The van der Waals surface area contributed by atoms with E-state index in [1.165, 1.54) is 0 Å². The number of aromatic nitrogens is 1. The van der Waals surface area contributed by atoms with Gasteiger partial charge in [0.25, 0.3) is 0 Å². The average Bonchev–Trinajstić information content (AvgIpc) is 3.18. The molecule has 1 heterocycles. The van der Waals surface area contributed by atoms with Gasteiger partial charge < -0.3 is 10.1 Å². The molecule has 162 valence electrons. The number of fused-ring (bicyclic) bond motifs is 3. The van der Waals surface area contributed by atoms with E-state index in [1.807, 2.05) is 54.7 Å². The lowest BCUT2D eigenvalue weighted by Gasteiger charge is -2.36. The van der Waals surface area contributed by atoms with E-state index in [0.717, 1.165) is 51.6 Å². The Kier molecular flexibility index (Phi) is 4.85. The third kappa shape index (κ3) is 3.48. The van der Waals surface area contributed by atoms with E-state index in [4.69, 9.17) is 0 Å². The first-order valence-electron chi connectivity index (χ1n) is 11.1. The summed E-state index contributed by atoms with van der Waals surface area (Å²) in [7, 11) is 0. The van der Waals surface area contributed by atoms with Crippen molar-refractivity contribution >= 4 is 33.9 Å². The molecule has 2 aromatic carbocycles. The van der Waals surface area contributed by atoms with Crippen LogP contribution in [-0.4, -0.2) is 33.6 Å². The molecule has 0 bridgehead atoms. The van der Waals surface area contributed by atoms with Crippen LogP contribution >= 0.6 is 0 Å². The third-order valence-corrected chi connectivity index (χ3v) is 6.73. The number of carboxylic acid groups (broad SMARTS) is 1. The van der Waals surface area contributed by atoms with Crippen LogP contribution in [0.1, 0.15) is 49.8 Å². The van der Waals surface area contributed by atoms with Crippen molar-refractivity contribution in [2.75, 3.05) is 0 Å². The number of ketones is 1. The number of allylic oxidation sites excluding steroid dienone is 2. The topological polar surface area (TPSA) is 82.5 Å². The molecular weight excluding hydrogens is 400 g/mol. The number of carboxylic acids is 1. The normalized spacial score (nSPS) is 19.7. The molecule has 2 aliphatic carbocycles. The molecule has 0 saturated heterocycles. The van der Waals surface area contributed by atoms with Gasteiger partial charge in [0.05, 0.1) is 0 Å². The quantitative estimate of drug-likeness (QED) is 0.602. The molecule has 1 unspecified atom stereocenters. The Labute approximate surface area is 186 Å². The van der Waals surface area contributed by atoms with E-state index in [9.17, 15) is 14.7 Å². The summed E-state index contributed by atoms with van der Waals surface area (Å²) in [4.78, 5) is 33.5. The molecule has 0 spiro atoms. The first kappa shape index (κ1) is 20.4. The number of para-hydroxylation sites is 1. The Morgan fingerprint density at radius 3 is 2.59 bits per heavy atom. The van der Waals surface area contributed by atoms with E-state index in [-0.39, 0.29) is 23.3 Å². The van der Waals surface area contributed by atoms with Crippen LogP contribution in [0.15, 0.2) is 65.3 Å². The number of rotatable bonds is 4. The zero-order valence-corrected chi connectivity index (χ0v) is 18.3. The van der Waals surface area contributed by atoms with Gasteiger partial charge in [-0.3, -0.25) is 9.79 Å². The van der Waals surface area contributed by atoms with Gasteiger partial charge in [0.1, 0.15) is 5.71 Å². The minimum atomic E-state index is -1.04. The number of hydrogen-bond acceptors (Lipinski definition) is 3. The molecule has 0 amide bonds. The zero-order chi connectivity index (χ0) is 22.5. The van der Waals surface area contributed by atoms with E-state index >= 15 is 0 Å². The van der Waals surface area contributed by atoms with Gasteiger partial charge in [0.15, 0.2) is 6.04 Å². The van der Waals surface area contributed by atoms with Crippen LogP contribution in [0.25, 0.3) is 16.5 Å². The van der Waals surface area contributed by atoms with Gasteiger partial charge in [-0.15, -0.1) is 0 Å². The zero-order valence-electron chi connectivity index (χ0n) is 18.3. The molecule has 5 nitrogen and oxygen atoms in total. The highest BCUT2D eigenvalue weighted by molar-refractivity contribution is 6.54. The number of aliphatic carboxylic acids is 1. The van der Waals surface area contributed by atoms with Gasteiger partial charge in [-0.1, -0.05) is 56.3 Å². The van der Waals surface area contributed by atoms with Crippen molar-refractivity contribution in [3.8, 4) is 0 Å². The highest BCUT2D eigenvalue weighted by atomic mass is 16.4. The number of hydrogen-bond donors (Lipinski definition) is 2. The maximum absolute atomic E-state index is 13.5. The van der Waals surface area contributed by atoms with Crippen molar-refractivity contribution in [1.29, 1.82) is 0 Å². The van der Waals surface area contributed by atoms with Crippen molar-refractivity contribution in [2.45, 2.75) is 45.6 Å². The van der Waals surface area contributed by atoms with Gasteiger partial charge >= 0.3 is 5.97 Å². The molecule has 32 heavy (non-hydrogen) atoms. The number of nitrogens with one attached hydrogen (secondary N) is 1. The maximum Gasteiger partial charge on any atom is 0.328 e. The Hall–Kier alpha value is -3.47. The van der Waals surface area contributed by atoms with Crippen LogP contribution in [0.3, 0.4) is 0 Å². The Balaban J connectivity index is 1.58. The van der Waals surface area contributed by atoms with Crippen LogP contribution < -0.4 is 0 Å². The molecule has 3 aromatic rings. The average molecular weight is 427 g/mol. The number of H-pyrrole nitrogens is 1. The third-order valence-electron chi connectivity index (χ3n) is 6.73. The van der Waals surface area contributed by atoms with Gasteiger partial charge in [-0.05, 0) is 47.4 Å². The largest absolute Gasteiger partial charge is 0.480 e. The highest BCUT2D eigenvalue weighted by Gasteiger charge is 2.37. The summed E-state index contributed by atoms with van der Waals surface area (Å²) in [5, 5.41) is 10.9. The second kappa shape index (κ2) is 7.59.